The SMILES string of the molecule is Nc1ncc(-c2ccc(C(=O)NCCCN3CCOCC3)cc2)cc1OCc1ccc(F)cc1Cl. The zero-order valence-corrected chi connectivity index (χ0v) is 20.1. The number of anilines is 1. The van der Waals surface area contributed by atoms with Crippen LogP contribution in [0.1, 0.15) is 22.3 Å². The van der Waals surface area contributed by atoms with Crippen LogP contribution in [0.3, 0.4) is 0 Å². The van der Waals surface area contributed by atoms with Crippen LogP contribution in [-0.2, 0) is 11.3 Å². The minimum Gasteiger partial charge on any atom is -0.485 e. The van der Waals surface area contributed by atoms with Gasteiger partial charge in [-0.05, 0) is 48.9 Å². The highest BCUT2D eigenvalue weighted by atomic mass is 35.5. The van der Waals surface area contributed by atoms with Crippen molar-refractivity contribution in [3.63, 3.8) is 0 Å². The molecule has 0 aliphatic carbocycles. The molecule has 0 unspecified atom stereocenters. The molecule has 4 rings (SSSR count). The lowest BCUT2D eigenvalue weighted by Gasteiger charge is -2.26. The molecule has 0 bridgehead atoms. The van der Waals surface area contributed by atoms with Gasteiger partial charge in [0, 0.05) is 42.5 Å². The Morgan fingerprint density at radius 3 is 2.66 bits per heavy atom. The lowest BCUT2D eigenvalue weighted by atomic mass is 10.0. The molecule has 184 valence electrons. The minimum atomic E-state index is -0.410. The van der Waals surface area contributed by atoms with Crippen LogP contribution in [-0.4, -0.2) is 55.2 Å². The minimum absolute atomic E-state index is 0.103. The number of halogens is 2. The number of carbonyl (C=O) groups excluding carboxylic acids is 1. The van der Waals surface area contributed by atoms with Gasteiger partial charge in [0.2, 0.25) is 0 Å². The number of nitrogens with two attached hydrogens (primary N) is 1. The first kappa shape index (κ1) is 24.9. The molecule has 1 aromatic heterocycles. The van der Waals surface area contributed by atoms with Crippen molar-refractivity contribution in [1.82, 2.24) is 15.2 Å². The quantitative estimate of drug-likeness (QED) is 0.431. The maximum Gasteiger partial charge on any atom is 0.251 e. The fraction of sp³-hybridized carbons (Fsp3) is 0.308. The van der Waals surface area contributed by atoms with Crippen LogP contribution in [0.5, 0.6) is 5.75 Å². The molecule has 0 radical (unpaired) electrons. The van der Waals surface area contributed by atoms with Crippen molar-refractivity contribution in [2.75, 3.05) is 45.1 Å². The lowest BCUT2D eigenvalue weighted by molar-refractivity contribution is 0.0374. The van der Waals surface area contributed by atoms with Crippen molar-refractivity contribution in [3.8, 4) is 16.9 Å². The largest absolute Gasteiger partial charge is 0.485 e. The van der Waals surface area contributed by atoms with E-state index < -0.39 is 5.82 Å². The molecule has 35 heavy (non-hydrogen) atoms. The van der Waals surface area contributed by atoms with Crippen LogP contribution < -0.4 is 15.8 Å². The van der Waals surface area contributed by atoms with E-state index in [0.29, 0.717) is 23.4 Å². The van der Waals surface area contributed by atoms with Gasteiger partial charge in [-0.2, -0.15) is 0 Å². The molecule has 2 heterocycles. The van der Waals surface area contributed by atoms with Crippen molar-refractivity contribution in [2.24, 2.45) is 0 Å². The Morgan fingerprint density at radius 2 is 1.91 bits per heavy atom. The van der Waals surface area contributed by atoms with Crippen LogP contribution in [0.2, 0.25) is 5.02 Å². The number of nitrogen functional groups attached to an aromatic ring is 1. The first-order valence-corrected chi connectivity index (χ1v) is 11.9. The Bertz CT molecular complexity index is 1150. The summed E-state index contributed by atoms with van der Waals surface area (Å²) < 4.78 is 24.4. The molecule has 1 aliphatic rings. The summed E-state index contributed by atoms with van der Waals surface area (Å²) in [5, 5.41) is 3.25. The summed E-state index contributed by atoms with van der Waals surface area (Å²) in [5.74, 6) is 0.117. The summed E-state index contributed by atoms with van der Waals surface area (Å²) in [5.41, 5.74) is 8.85. The van der Waals surface area contributed by atoms with Gasteiger partial charge in [-0.25, -0.2) is 9.37 Å². The third-order valence-electron chi connectivity index (χ3n) is 5.80. The Morgan fingerprint density at radius 1 is 1.14 bits per heavy atom. The van der Waals surface area contributed by atoms with Gasteiger partial charge >= 0.3 is 0 Å². The normalized spacial score (nSPS) is 14.0. The van der Waals surface area contributed by atoms with Gasteiger partial charge in [-0.1, -0.05) is 29.8 Å². The fourth-order valence-corrected chi connectivity index (χ4v) is 3.99. The second-order valence-electron chi connectivity index (χ2n) is 8.27. The average Bonchev–Trinajstić information content (AvgIpc) is 2.87. The number of nitrogens with one attached hydrogen (secondary N) is 1. The summed E-state index contributed by atoms with van der Waals surface area (Å²) in [4.78, 5) is 19.0. The standard InChI is InChI=1S/C26H28ClFN4O3/c27-23-15-22(28)7-6-20(23)17-35-24-14-21(16-31-25(24)29)18-2-4-19(5-3-18)26(33)30-8-1-9-32-10-12-34-13-11-32/h2-7,14-16H,1,8-13,17H2,(H2,29,31)(H,30,33). The number of carbonyl (C=O) groups is 1. The predicted molar refractivity (Wildman–Crippen MR) is 134 cm³/mol. The van der Waals surface area contributed by atoms with E-state index in [-0.39, 0.29) is 23.4 Å². The monoisotopic (exact) mass is 498 g/mol. The maximum atomic E-state index is 13.3. The number of amides is 1. The number of rotatable bonds is 9. The van der Waals surface area contributed by atoms with E-state index in [1.165, 1.54) is 12.1 Å². The van der Waals surface area contributed by atoms with Gasteiger partial charge in [-0.15, -0.1) is 0 Å². The molecule has 0 atom stereocenters. The number of nitrogens with zero attached hydrogens (tertiary/aromatic N) is 2. The van der Waals surface area contributed by atoms with Crippen molar-refractivity contribution in [1.29, 1.82) is 0 Å². The van der Waals surface area contributed by atoms with Crippen molar-refractivity contribution < 1.29 is 18.7 Å². The molecule has 1 aliphatic heterocycles. The number of morpholine rings is 1. The molecule has 0 saturated carbocycles. The van der Waals surface area contributed by atoms with E-state index in [9.17, 15) is 9.18 Å². The number of benzene rings is 2. The van der Waals surface area contributed by atoms with Crippen LogP contribution in [0.25, 0.3) is 11.1 Å². The zero-order valence-electron chi connectivity index (χ0n) is 19.3. The molecule has 1 saturated heterocycles. The van der Waals surface area contributed by atoms with E-state index in [1.54, 1.807) is 30.5 Å². The van der Waals surface area contributed by atoms with E-state index in [4.69, 9.17) is 26.8 Å². The molecule has 2 aromatic carbocycles. The Kier molecular flexibility index (Phi) is 8.52. The molecule has 1 amide bonds. The highest BCUT2D eigenvalue weighted by Gasteiger charge is 2.12. The summed E-state index contributed by atoms with van der Waals surface area (Å²) >= 11 is 6.07. The fourth-order valence-electron chi connectivity index (χ4n) is 3.77. The molecular formula is C26H28ClFN4O3. The maximum absolute atomic E-state index is 13.3. The van der Waals surface area contributed by atoms with Crippen LogP contribution in [0.4, 0.5) is 10.2 Å². The van der Waals surface area contributed by atoms with Gasteiger partial charge in [0.15, 0.2) is 11.6 Å². The number of hydrogen-bond acceptors (Lipinski definition) is 6. The van der Waals surface area contributed by atoms with E-state index in [0.717, 1.165) is 50.4 Å². The topological polar surface area (TPSA) is 89.7 Å². The van der Waals surface area contributed by atoms with Crippen molar-refractivity contribution >= 4 is 23.3 Å². The van der Waals surface area contributed by atoms with E-state index in [2.05, 4.69) is 15.2 Å². The molecule has 3 N–H and O–H groups in total. The molecule has 9 heteroatoms. The van der Waals surface area contributed by atoms with Gasteiger partial charge in [0.1, 0.15) is 12.4 Å². The van der Waals surface area contributed by atoms with Crippen LogP contribution >= 0.6 is 11.6 Å². The van der Waals surface area contributed by atoms with Crippen LogP contribution in [0, 0.1) is 5.82 Å². The zero-order chi connectivity index (χ0) is 24.6. The second-order valence-corrected chi connectivity index (χ2v) is 8.68. The van der Waals surface area contributed by atoms with Gasteiger partial charge in [0.25, 0.3) is 5.91 Å². The second kappa shape index (κ2) is 12.0. The third kappa shape index (κ3) is 6.91. The predicted octanol–water partition coefficient (Wildman–Crippen LogP) is 4.15. The summed E-state index contributed by atoms with van der Waals surface area (Å²) in [6.45, 7) is 5.14. The van der Waals surface area contributed by atoms with E-state index in [1.807, 2.05) is 12.1 Å². The highest BCUT2D eigenvalue weighted by Crippen LogP contribution is 2.29. The first-order chi connectivity index (χ1) is 17.0. The Hall–Kier alpha value is -3.20. The smallest absolute Gasteiger partial charge is 0.251 e. The van der Waals surface area contributed by atoms with E-state index >= 15 is 0 Å². The number of ether oxygens (including phenoxy) is 2. The van der Waals surface area contributed by atoms with Crippen molar-refractivity contribution in [3.05, 3.63) is 76.7 Å². The molecule has 1 fully saturated rings. The summed E-state index contributed by atoms with van der Waals surface area (Å²) in [6, 6.07) is 13.2. The van der Waals surface area contributed by atoms with Gasteiger partial charge < -0.3 is 20.5 Å². The molecule has 3 aromatic rings. The molecular weight excluding hydrogens is 471 g/mol. The molecule has 7 nitrogen and oxygen atoms in total. The van der Waals surface area contributed by atoms with Gasteiger partial charge in [-0.3, -0.25) is 9.69 Å². The first-order valence-electron chi connectivity index (χ1n) is 11.5. The van der Waals surface area contributed by atoms with Gasteiger partial charge in [0.05, 0.1) is 18.2 Å². The van der Waals surface area contributed by atoms with Crippen molar-refractivity contribution in [2.45, 2.75) is 13.0 Å². The number of hydrogen-bond donors (Lipinski definition) is 2. The third-order valence-corrected chi connectivity index (χ3v) is 6.15. The average molecular weight is 499 g/mol. The lowest BCUT2D eigenvalue weighted by Crippen LogP contribution is -2.38. The Balaban J connectivity index is 1.32. The summed E-state index contributed by atoms with van der Waals surface area (Å²) in [6.07, 6.45) is 2.54. The molecule has 0 spiro atoms. The highest BCUT2D eigenvalue weighted by molar-refractivity contribution is 6.31. The summed E-state index contributed by atoms with van der Waals surface area (Å²) in [7, 11) is 0. The number of pyridine rings is 1. The van der Waals surface area contributed by atoms with Crippen LogP contribution in [0.15, 0.2) is 54.7 Å². The Labute approximate surface area is 209 Å². The number of aromatic nitrogens is 1.